The number of carbonyl (C=O) groups excluding carboxylic acids is 1. The van der Waals surface area contributed by atoms with Crippen LogP contribution in [0.4, 0.5) is 0 Å². The maximum atomic E-state index is 13.0. The number of esters is 1. The Hall–Kier alpha value is -2.91. The van der Waals surface area contributed by atoms with Gasteiger partial charge in [0.15, 0.2) is 16.2 Å². The Balaban J connectivity index is 1.93. The van der Waals surface area contributed by atoms with E-state index in [1.807, 2.05) is 52.4 Å². The molecule has 0 fully saturated rings. The van der Waals surface area contributed by atoms with E-state index in [0.29, 0.717) is 33.3 Å². The quantitative estimate of drug-likeness (QED) is 0.254. The summed E-state index contributed by atoms with van der Waals surface area (Å²) < 4.78 is 15.5. The van der Waals surface area contributed by atoms with Crippen molar-refractivity contribution in [2.45, 2.75) is 46.1 Å². The van der Waals surface area contributed by atoms with Crippen molar-refractivity contribution in [1.29, 1.82) is 0 Å². The first kappa shape index (κ1) is 25.2. The normalized spacial score (nSPS) is 12.3. The molecule has 0 aliphatic heterocycles. The summed E-state index contributed by atoms with van der Waals surface area (Å²) in [6.45, 7) is 8.05. The summed E-state index contributed by atoms with van der Waals surface area (Å²) in [4.78, 5) is 17.6. The van der Waals surface area contributed by atoms with Crippen molar-refractivity contribution in [1.82, 2.24) is 24.1 Å². The zero-order chi connectivity index (χ0) is 25.3. The lowest BCUT2D eigenvalue weighted by molar-refractivity contribution is 0.0518. The third kappa shape index (κ3) is 4.92. The number of pyridine rings is 1. The maximum Gasteiger partial charge on any atom is 0.358 e. The number of benzene rings is 1. The number of imidazole rings is 1. The number of hydrogen-bond donors (Lipinski definition) is 0. The van der Waals surface area contributed by atoms with Crippen molar-refractivity contribution >= 4 is 39.1 Å². The first-order chi connectivity index (χ1) is 16.7. The number of ether oxygens (including phenoxy) is 2. The largest absolute Gasteiger partial charge is 0.493 e. The van der Waals surface area contributed by atoms with E-state index in [0.717, 1.165) is 22.6 Å². The molecule has 0 saturated heterocycles. The number of carbonyl (C=O) groups is 1. The molecule has 0 spiro atoms. The lowest BCUT2D eigenvalue weighted by Gasteiger charge is -2.23. The number of fused-ring (bicyclic) bond motifs is 1. The molecule has 0 saturated carbocycles. The summed E-state index contributed by atoms with van der Waals surface area (Å²) in [5.74, 6) is 0.698. The monoisotopic (exact) mass is 559 g/mol. The van der Waals surface area contributed by atoms with Gasteiger partial charge in [0.25, 0.3) is 0 Å². The third-order valence-corrected chi connectivity index (χ3v) is 6.66. The molecule has 1 aromatic carbocycles. The van der Waals surface area contributed by atoms with Gasteiger partial charge in [0.1, 0.15) is 5.82 Å². The Labute approximate surface area is 217 Å². The average Bonchev–Trinajstić information content (AvgIpc) is 3.37. The highest BCUT2D eigenvalue weighted by Crippen LogP contribution is 2.37. The van der Waals surface area contributed by atoms with E-state index >= 15 is 0 Å². The van der Waals surface area contributed by atoms with E-state index in [9.17, 15) is 4.79 Å². The van der Waals surface area contributed by atoms with Gasteiger partial charge in [-0.15, -0.1) is 10.2 Å². The lowest BCUT2D eigenvalue weighted by Crippen LogP contribution is -2.18. The summed E-state index contributed by atoms with van der Waals surface area (Å²) in [6.07, 6.45) is 2.56. The van der Waals surface area contributed by atoms with Crippen LogP contribution in [0.2, 0.25) is 5.02 Å². The number of methoxy groups -OCH3 is 1. The highest BCUT2D eigenvalue weighted by molar-refractivity contribution is 9.10. The van der Waals surface area contributed by atoms with Crippen LogP contribution in [0, 0.1) is 6.92 Å². The van der Waals surface area contributed by atoms with Crippen LogP contribution in [0.3, 0.4) is 0 Å². The fourth-order valence-corrected chi connectivity index (χ4v) is 5.19. The van der Waals surface area contributed by atoms with Crippen LogP contribution in [0.5, 0.6) is 5.75 Å². The first-order valence-corrected chi connectivity index (χ1v) is 12.5. The molecular formula is C25H27BrClN5O3. The number of aryl methyl sites for hydroxylation is 1. The molecule has 0 bridgehead atoms. The van der Waals surface area contributed by atoms with E-state index in [4.69, 9.17) is 21.1 Å². The highest BCUT2D eigenvalue weighted by atomic mass is 79.9. The van der Waals surface area contributed by atoms with E-state index in [1.165, 1.54) is 0 Å². The molecule has 35 heavy (non-hydrogen) atoms. The Kier molecular flexibility index (Phi) is 7.47. The van der Waals surface area contributed by atoms with Crippen LogP contribution in [0.1, 0.15) is 65.9 Å². The number of halogens is 2. The number of nitrogens with zero attached hydrogens (tertiary/aromatic N) is 5. The standard InChI is InChI=1S/C25H27BrClN5O3/c1-6-35-24(33)21-22(32(14(2)3)25(26)28-21)19(17-7-9-18(27)10-8-17)11-16-12-20(34-5)23-30-29-15(4)31(23)13-16/h7-10,12-14,19H,6,11H2,1-5H3. The number of rotatable bonds is 8. The fraction of sp³-hybridized carbons (Fsp3) is 0.360. The van der Waals surface area contributed by atoms with Crippen molar-refractivity contribution in [3.8, 4) is 5.75 Å². The molecular weight excluding hydrogens is 534 g/mol. The van der Waals surface area contributed by atoms with Crippen LogP contribution >= 0.6 is 27.5 Å². The van der Waals surface area contributed by atoms with Crippen molar-refractivity contribution in [3.63, 3.8) is 0 Å². The van der Waals surface area contributed by atoms with Gasteiger partial charge < -0.3 is 14.0 Å². The zero-order valence-corrected chi connectivity index (χ0v) is 22.6. The third-order valence-electron chi connectivity index (χ3n) is 5.85. The molecule has 0 aliphatic carbocycles. The molecule has 184 valence electrons. The van der Waals surface area contributed by atoms with Gasteiger partial charge in [0.05, 0.1) is 19.4 Å². The molecule has 0 aliphatic rings. The minimum atomic E-state index is -0.454. The number of hydrogen-bond acceptors (Lipinski definition) is 6. The van der Waals surface area contributed by atoms with Gasteiger partial charge >= 0.3 is 5.97 Å². The van der Waals surface area contributed by atoms with Gasteiger partial charge in [-0.05, 0) is 79.4 Å². The fourth-order valence-electron chi connectivity index (χ4n) is 4.28. The SMILES string of the molecule is CCOC(=O)c1nc(Br)n(C(C)C)c1C(Cc1cc(OC)c2nnc(C)n2c1)c1ccc(Cl)cc1. The summed E-state index contributed by atoms with van der Waals surface area (Å²) in [5, 5.41) is 9.05. The second-order valence-electron chi connectivity index (χ2n) is 8.46. The summed E-state index contributed by atoms with van der Waals surface area (Å²) in [6, 6.07) is 9.67. The molecule has 4 aromatic rings. The molecule has 3 aromatic heterocycles. The summed E-state index contributed by atoms with van der Waals surface area (Å²) in [7, 11) is 1.61. The molecule has 4 rings (SSSR count). The summed E-state index contributed by atoms with van der Waals surface area (Å²) >= 11 is 9.78. The average molecular weight is 561 g/mol. The molecule has 0 amide bonds. The number of aromatic nitrogens is 5. The second-order valence-corrected chi connectivity index (χ2v) is 9.61. The van der Waals surface area contributed by atoms with Gasteiger partial charge in [-0.1, -0.05) is 23.7 Å². The molecule has 1 unspecified atom stereocenters. The van der Waals surface area contributed by atoms with Crippen molar-refractivity contribution in [2.24, 2.45) is 0 Å². The van der Waals surface area contributed by atoms with Gasteiger partial charge in [-0.25, -0.2) is 9.78 Å². The van der Waals surface area contributed by atoms with E-state index < -0.39 is 5.97 Å². The Morgan fingerprint density at radius 1 is 1.20 bits per heavy atom. The van der Waals surface area contributed by atoms with Gasteiger partial charge in [0, 0.05) is 23.2 Å². The maximum absolute atomic E-state index is 13.0. The van der Waals surface area contributed by atoms with Crippen LogP contribution in [0.15, 0.2) is 41.3 Å². The van der Waals surface area contributed by atoms with Gasteiger partial charge in [-0.2, -0.15) is 0 Å². The smallest absolute Gasteiger partial charge is 0.358 e. The Bertz CT molecular complexity index is 1360. The Morgan fingerprint density at radius 3 is 2.54 bits per heavy atom. The minimum Gasteiger partial charge on any atom is -0.493 e. The minimum absolute atomic E-state index is 0.0435. The molecule has 0 N–H and O–H groups in total. The van der Waals surface area contributed by atoms with E-state index in [2.05, 4.69) is 45.0 Å². The van der Waals surface area contributed by atoms with E-state index in [1.54, 1.807) is 14.0 Å². The van der Waals surface area contributed by atoms with Crippen LogP contribution in [0.25, 0.3) is 5.65 Å². The van der Waals surface area contributed by atoms with Crippen LogP contribution in [-0.4, -0.2) is 43.8 Å². The van der Waals surface area contributed by atoms with Crippen molar-refractivity contribution < 1.29 is 14.3 Å². The van der Waals surface area contributed by atoms with Crippen LogP contribution in [-0.2, 0) is 11.2 Å². The van der Waals surface area contributed by atoms with Crippen molar-refractivity contribution in [2.75, 3.05) is 13.7 Å². The summed E-state index contributed by atoms with van der Waals surface area (Å²) in [5.41, 5.74) is 3.69. The van der Waals surface area contributed by atoms with E-state index in [-0.39, 0.29) is 18.6 Å². The van der Waals surface area contributed by atoms with Crippen molar-refractivity contribution in [3.05, 3.63) is 74.6 Å². The molecule has 8 nitrogen and oxygen atoms in total. The Morgan fingerprint density at radius 2 is 1.91 bits per heavy atom. The second kappa shape index (κ2) is 10.4. The van der Waals surface area contributed by atoms with Crippen LogP contribution < -0.4 is 4.74 Å². The predicted octanol–water partition coefficient (Wildman–Crippen LogP) is 5.79. The molecule has 0 radical (unpaired) electrons. The topological polar surface area (TPSA) is 83.5 Å². The molecule has 10 heteroatoms. The van der Waals surface area contributed by atoms with Gasteiger partial charge in [0.2, 0.25) is 5.65 Å². The predicted molar refractivity (Wildman–Crippen MR) is 138 cm³/mol. The molecule has 3 heterocycles. The van der Waals surface area contributed by atoms with Gasteiger partial charge in [-0.3, -0.25) is 4.40 Å². The highest BCUT2D eigenvalue weighted by Gasteiger charge is 2.31. The first-order valence-electron chi connectivity index (χ1n) is 11.3. The molecule has 1 atom stereocenters. The lowest BCUT2D eigenvalue weighted by atomic mass is 9.88. The zero-order valence-electron chi connectivity index (χ0n) is 20.2.